The topological polar surface area (TPSA) is 132 Å². The van der Waals surface area contributed by atoms with E-state index in [0.717, 1.165) is 11.6 Å². The van der Waals surface area contributed by atoms with Crippen LogP contribution in [-0.4, -0.2) is 16.9 Å². The van der Waals surface area contributed by atoms with E-state index < -0.39 is 39.1 Å². The minimum absolute atomic E-state index is 0.0334. The minimum atomic E-state index is -0.995. The summed E-state index contributed by atoms with van der Waals surface area (Å²) >= 11 is 0. The molecule has 0 aliphatic heterocycles. The van der Waals surface area contributed by atoms with Crippen molar-refractivity contribution in [3.05, 3.63) is 57.0 Å². The summed E-state index contributed by atoms with van der Waals surface area (Å²) in [5.74, 6) is -2.37. The summed E-state index contributed by atoms with van der Waals surface area (Å²) in [6, 6.07) is 9.02. The molecule has 0 bridgehead atoms. The molecule has 3 aromatic rings. The van der Waals surface area contributed by atoms with Gasteiger partial charge in [0.1, 0.15) is 0 Å². The van der Waals surface area contributed by atoms with Gasteiger partial charge in [0.15, 0.2) is 5.75 Å². The van der Waals surface area contributed by atoms with Gasteiger partial charge in [-0.1, -0.05) is 11.6 Å². The number of benzene rings is 2. The first-order valence-corrected chi connectivity index (χ1v) is 10.8. The van der Waals surface area contributed by atoms with Crippen LogP contribution in [0.5, 0.6) is 11.5 Å². The molecule has 184 valence electrons. The highest BCUT2D eigenvalue weighted by Crippen LogP contribution is 2.42. The lowest BCUT2D eigenvalue weighted by atomic mass is 9.97. The molecular weight excluding hydrogens is 456 g/mol. The second-order valence-electron chi connectivity index (χ2n) is 10.3. The van der Waals surface area contributed by atoms with Crippen molar-refractivity contribution in [2.45, 2.75) is 48.5 Å². The average Bonchev–Trinajstić information content (AvgIpc) is 2.72. The van der Waals surface area contributed by atoms with Gasteiger partial charge in [0.2, 0.25) is 5.58 Å². The fraction of sp³-hybridized carbons (Fsp3) is 0.360. The first-order valence-electron chi connectivity index (χ1n) is 10.8. The lowest BCUT2D eigenvalue weighted by molar-refractivity contribution is -0.692. The van der Waals surface area contributed by atoms with Gasteiger partial charge < -0.3 is 9.47 Å². The predicted octanol–water partition coefficient (Wildman–Crippen LogP) is 5.13. The van der Waals surface area contributed by atoms with Crippen LogP contribution in [0, 0.1) is 32.8 Å². The van der Waals surface area contributed by atoms with Gasteiger partial charge in [-0.05, 0) is 66.7 Å². The van der Waals surface area contributed by atoms with Crippen LogP contribution in [0.1, 0.15) is 47.1 Å². The Morgan fingerprint density at radius 1 is 0.943 bits per heavy atom. The third-order valence-electron chi connectivity index (χ3n) is 4.99. The highest BCUT2D eigenvalue weighted by Gasteiger charge is 2.34. The predicted molar refractivity (Wildman–Crippen MR) is 127 cm³/mol. The Balaban J connectivity index is 2.29. The smallest absolute Gasteiger partial charge is 0.325 e. The maximum absolute atomic E-state index is 12.7. The van der Waals surface area contributed by atoms with Gasteiger partial charge >= 0.3 is 23.3 Å². The molecule has 1 aromatic heterocycles. The van der Waals surface area contributed by atoms with Crippen LogP contribution in [-0.2, 0) is 9.59 Å². The molecule has 1 heterocycles. The number of hydrogen-bond acceptors (Lipinski definition) is 8. The van der Waals surface area contributed by atoms with Crippen LogP contribution in [0.4, 0.5) is 5.69 Å². The van der Waals surface area contributed by atoms with Crippen LogP contribution in [0.2, 0.25) is 0 Å². The van der Waals surface area contributed by atoms with Crippen molar-refractivity contribution in [2.75, 3.05) is 0 Å². The summed E-state index contributed by atoms with van der Waals surface area (Å²) in [6.45, 7) is 11.4. The lowest BCUT2D eigenvalue weighted by Crippen LogP contribution is -2.28. The van der Waals surface area contributed by atoms with Crippen LogP contribution in [0.3, 0.4) is 0 Å². The van der Waals surface area contributed by atoms with E-state index in [9.17, 15) is 24.6 Å². The monoisotopic (exact) mass is 483 g/mol. The molecule has 0 amide bonds. The summed E-state index contributed by atoms with van der Waals surface area (Å²) in [6.07, 6.45) is 0. The molecule has 3 rings (SSSR count). The maximum Gasteiger partial charge on any atom is 0.325 e. The van der Waals surface area contributed by atoms with Crippen molar-refractivity contribution in [1.82, 2.24) is 0 Å². The number of carbonyl (C=O) groups excluding carboxylic acids is 2. The van der Waals surface area contributed by atoms with E-state index in [1.54, 1.807) is 59.7 Å². The van der Waals surface area contributed by atoms with Gasteiger partial charge in [-0.15, -0.1) is 0 Å². The SMILES string of the molecule is Cc1ccc2o[n+](=O)c(-c3cc(OC(=O)C(C)(C)C)c(OC(=O)C(C)(C)C)c([N+](=O)[O-])c3)cc2c1. The summed E-state index contributed by atoms with van der Waals surface area (Å²) in [7, 11) is 0. The highest BCUT2D eigenvalue weighted by molar-refractivity contribution is 5.85. The van der Waals surface area contributed by atoms with Crippen LogP contribution in [0.15, 0.2) is 40.9 Å². The number of esters is 2. The number of nitro groups is 1. The number of aromatic nitrogens is 1. The number of nitrogens with zero attached hydrogens (tertiary/aromatic N) is 2. The summed E-state index contributed by atoms with van der Waals surface area (Å²) < 4.78 is 16.3. The molecule has 2 aromatic carbocycles. The van der Waals surface area contributed by atoms with Gasteiger partial charge in [0.05, 0.1) is 26.2 Å². The van der Waals surface area contributed by atoms with Crippen LogP contribution < -0.4 is 14.1 Å². The Morgan fingerprint density at radius 3 is 2.11 bits per heavy atom. The lowest BCUT2D eigenvalue weighted by Gasteiger charge is -2.20. The van der Waals surface area contributed by atoms with E-state index in [1.165, 1.54) is 12.1 Å². The fourth-order valence-corrected chi connectivity index (χ4v) is 2.94. The van der Waals surface area contributed by atoms with E-state index in [0.29, 0.717) is 11.0 Å². The second-order valence-corrected chi connectivity index (χ2v) is 10.3. The third kappa shape index (κ3) is 5.53. The van der Waals surface area contributed by atoms with Crippen LogP contribution >= 0.6 is 0 Å². The van der Waals surface area contributed by atoms with Gasteiger partial charge in [-0.3, -0.25) is 19.7 Å². The van der Waals surface area contributed by atoms with Crippen molar-refractivity contribution in [3.8, 4) is 22.8 Å². The molecular formula is C25H27N2O8+. The molecule has 10 heteroatoms. The number of aryl methyl sites for hydroxylation is 1. The van der Waals surface area contributed by atoms with Crippen molar-refractivity contribution < 1.29 is 33.1 Å². The van der Waals surface area contributed by atoms with E-state index in [2.05, 4.69) is 0 Å². The Labute approximate surface area is 201 Å². The number of hydrogen-bond donors (Lipinski definition) is 0. The molecule has 0 saturated heterocycles. The van der Waals surface area contributed by atoms with E-state index in [1.807, 2.05) is 6.92 Å². The zero-order chi connectivity index (χ0) is 26.3. The molecule has 35 heavy (non-hydrogen) atoms. The van der Waals surface area contributed by atoms with E-state index >= 15 is 0 Å². The minimum Gasteiger partial charge on any atom is -0.422 e. The standard InChI is InChI=1S/C25H27N2O8/c1-14-8-9-19-16(10-14)12-17(27(32)35-19)15-11-18(26(30)31)21(34-23(29)25(5,6)7)20(13-15)33-22(28)24(2,3)4/h8-13H,1-7H3/q+1. The number of carbonyl (C=O) groups is 2. The van der Waals surface area contributed by atoms with Crippen molar-refractivity contribution in [1.29, 1.82) is 0 Å². The van der Waals surface area contributed by atoms with Crippen molar-refractivity contribution >= 4 is 28.6 Å². The Kier molecular flexibility index (Phi) is 6.52. The third-order valence-corrected chi connectivity index (χ3v) is 4.99. The summed E-state index contributed by atoms with van der Waals surface area (Å²) in [5.41, 5.74) is -1.41. The molecule has 10 nitrogen and oxygen atoms in total. The van der Waals surface area contributed by atoms with Gasteiger partial charge in [-0.25, -0.2) is 0 Å². The average molecular weight is 483 g/mol. The zero-order valence-corrected chi connectivity index (χ0v) is 20.6. The molecule has 0 unspecified atom stereocenters. The first kappa shape index (κ1) is 25.5. The Hall–Kier alpha value is -4.08. The molecule has 0 aliphatic rings. The van der Waals surface area contributed by atoms with Gasteiger partial charge in [0.25, 0.3) is 10.3 Å². The number of fused-ring (bicyclic) bond motifs is 1. The zero-order valence-electron chi connectivity index (χ0n) is 20.6. The van der Waals surface area contributed by atoms with E-state index in [4.69, 9.17) is 14.0 Å². The molecule has 0 fully saturated rings. The maximum atomic E-state index is 12.7. The van der Waals surface area contributed by atoms with Crippen molar-refractivity contribution in [3.63, 3.8) is 0 Å². The fourth-order valence-electron chi connectivity index (χ4n) is 2.94. The molecule has 0 spiro atoms. The molecule has 0 N–H and O–H groups in total. The number of nitro benzene ring substituents is 1. The first-order chi connectivity index (χ1) is 16.1. The molecule has 0 atom stereocenters. The Bertz CT molecular complexity index is 1410. The Morgan fingerprint density at radius 2 is 1.54 bits per heavy atom. The normalized spacial score (nSPS) is 11.9. The van der Waals surface area contributed by atoms with E-state index in [-0.39, 0.29) is 21.6 Å². The van der Waals surface area contributed by atoms with Crippen LogP contribution in [0.25, 0.3) is 22.2 Å². The number of rotatable bonds is 4. The molecule has 0 radical (unpaired) electrons. The molecule has 0 saturated carbocycles. The van der Waals surface area contributed by atoms with Crippen molar-refractivity contribution in [2.24, 2.45) is 10.8 Å². The summed E-state index contributed by atoms with van der Waals surface area (Å²) in [4.78, 5) is 49.1. The highest BCUT2D eigenvalue weighted by atomic mass is 16.6. The quantitative estimate of drug-likeness (QED) is 0.216. The number of ether oxygens (including phenoxy) is 2. The van der Waals surface area contributed by atoms with Gasteiger partial charge in [-0.2, -0.15) is 4.52 Å². The largest absolute Gasteiger partial charge is 0.422 e. The van der Waals surface area contributed by atoms with Gasteiger partial charge in [0, 0.05) is 17.5 Å². The molecule has 0 aliphatic carbocycles. The summed E-state index contributed by atoms with van der Waals surface area (Å²) in [5, 5.41) is 12.6. The second kappa shape index (κ2) is 8.94.